The van der Waals surface area contributed by atoms with Gasteiger partial charge >= 0.3 is 32.2 Å². The summed E-state index contributed by atoms with van der Waals surface area (Å²) in [5.41, 5.74) is 0. The van der Waals surface area contributed by atoms with Gasteiger partial charge in [-0.2, -0.15) is 0 Å². The number of hydrogen-bond donors (Lipinski definition) is 2. The zero-order valence-electron chi connectivity index (χ0n) is 5.04. The van der Waals surface area contributed by atoms with Gasteiger partial charge in [-0.05, 0) is 12.8 Å². The van der Waals surface area contributed by atoms with Gasteiger partial charge in [0.05, 0.1) is 0 Å². The molecule has 0 saturated carbocycles. The van der Waals surface area contributed by atoms with Crippen molar-refractivity contribution >= 4 is 5.97 Å². The number of aliphatic hydroxyl groups excluding tert-OH is 1. The van der Waals surface area contributed by atoms with Gasteiger partial charge in [-0.1, -0.05) is 0 Å². The first-order valence-electron chi connectivity index (χ1n) is 2.60. The Morgan fingerprint density at radius 3 is 2.22 bits per heavy atom. The Labute approximate surface area is 73.2 Å². The fourth-order valence-corrected chi connectivity index (χ4v) is 0.388. The topological polar surface area (TPSA) is 57.5 Å². The van der Waals surface area contributed by atoms with Crippen LogP contribution in [0.25, 0.3) is 0 Å². The predicted octanol–water partition coefficient (Wildman–Crippen LogP) is -0.0341. The summed E-state index contributed by atoms with van der Waals surface area (Å²) in [5, 5.41) is 16.2. The zero-order chi connectivity index (χ0) is 6.41. The summed E-state index contributed by atoms with van der Waals surface area (Å²) in [7, 11) is 0. The molecule has 0 aliphatic carbocycles. The molecule has 0 radical (unpaired) electrons. The number of unbranched alkanes of at least 4 members (excludes halogenated alkanes) is 1. The quantitative estimate of drug-likeness (QED) is 0.712. The molecule has 2 N–H and O–H groups in total. The van der Waals surface area contributed by atoms with Crippen molar-refractivity contribution in [3.05, 3.63) is 0 Å². The zero-order valence-corrected chi connectivity index (χ0v) is 8.21. The van der Waals surface area contributed by atoms with E-state index in [0.717, 1.165) is 0 Å². The van der Waals surface area contributed by atoms with Gasteiger partial charge in [0, 0.05) is 13.0 Å². The maximum absolute atomic E-state index is 9.79. The standard InChI is InChI=1S/C5H10O3.AtH/c6-4-2-1-3-5(7)8;/h6H,1-4H2,(H,7,8);1H. The van der Waals surface area contributed by atoms with Crippen LogP contribution in [0.1, 0.15) is 19.3 Å². The Morgan fingerprint density at radius 1 is 1.33 bits per heavy atom. The van der Waals surface area contributed by atoms with Gasteiger partial charge < -0.3 is 10.2 Å². The van der Waals surface area contributed by atoms with Crippen LogP contribution in [0.3, 0.4) is 0 Å². The van der Waals surface area contributed by atoms with E-state index in [1.54, 1.807) is 0 Å². The number of carboxylic acids is 1. The second-order valence-electron chi connectivity index (χ2n) is 1.57. The minimum absolute atomic E-state index is 0. The minimum atomic E-state index is -0.793. The van der Waals surface area contributed by atoms with Crippen LogP contribution >= 0.6 is 0 Å². The van der Waals surface area contributed by atoms with E-state index in [4.69, 9.17) is 10.2 Å². The van der Waals surface area contributed by atoms with Crippen LogP contribution in [0.5, 0.6) is 0 Å². The van der Waals surface area contributed by atoms with E-state index in [1.807, 2.05) is 0 Å². The van der Waals surface area contributed by atoms with Crippen LogP contribution in [0.2, 0.25) is 0 Å². The third-order valence-corrected chi connectivity index (χ3v) is 0.799. The second-order valence-corrected chi connectivity index (χ2v) is 1.57. The molecule has 0 saturated heterocycles. The maximum atomic E-state index is 9.79. The number of rotatable bonds is 4. The van der Waals surface area contributed by atoms with Gasteiger partial charge in [0.15, 0.2) is 0 Å². The average molecular weight is 329 g/mol. The van der Waals surface area contributed by atoms with E-state index < -0.39 is 5.97 Å². The van der Waals surface area contributed by atoms with Gasteiger partial charge in [0.25, 0.3) is 0 Å². The summed E-state index contributed by atoms with van der Waals surface area (Å²) in [6, 6.07) is 0. The fourth-order valence-electron chi connectivity index (χ4n) is 0.388. The monoisotopic (exact) mass is 329 g/mol. The molecule has 0 heterocycles. The van der Waals surface area contributed by atoms with Gasteiger partial charge in [-0.25, -0.2) is 0 Å². The van der Waals surface area contributed by atoms with Crippen molar-refractivity contribution in [1.29, 1.82) is 0 Å². The number of carboxylic acid groups (broad SMARTS) is 1. The van der Waals surface area contributed by atoms with E-state index in [0.29, 0.717) is 12.8 Å². The number of aliphatic carboxylic acids is 1. The third kappa shape index (κ3) is 11.7. The molecule has 56 valence electrons. The predicted molar refractivity (Wildman–Crippen MR) is 30.0 cm³/mol. The first-order valence-corrected chi connectivity index (χ1v) is 2.60. The molecule has 0 aromatic rings. The number of carbonyl (C=O) groups is 1. The number of aliphatic hydroxyl groups is 1. The van der Waals surface area contributed by atoms with E-state index in [-0.39, 0.29) is 39.2 Å². The normalized spacial score (nSPS) is 8.11. The molecular weight excluding hydrogens is 318 g/mol. The molecule has 0 fully saturated rings. The molecule has 0 spiro atoms. The molecular formula is C5H11AtO3. The van der Waals surface area contributed by atoms with Crippen molar-refractivity contribution in [1.82, 2.24) is 0 Å². The SMILES string of the molecule is O=C(O)CCCCO.[AtH]. The van der Waals surface area contributed by atoms with E-state index >= 15 is 0 Å². The molecule has 0 aliphatic rings. The molecule has 0 aromatic heterocycles. The Kier molecular flexibility index (Phi) is 11.1. The van der Waals surface area contributed by atoms with Gasteiger partial charge in [-0.15, -0.1) is 0 Å². The molecule has 0 unspecified atom stereocenters. The first-order chi connectivity index (χ1) is 3.77. The van der Waals surface area contributed by atoms with Crippen molar-refractivity contribution in [3.8, 4) is 0 Å². The molecule has 3 nitrogen and oxygen atoms in total. The Morgan fingerprint density at radius 2 is 1.89 bits per heavy atom. The third-order valence-electron chi connectivity index (χ3n) is 0.799. The fraction of sp³-hybridized carbons (Fsp3) is 0.800. The molecule has 0 atom stereocenters. The van der Waals surface area contributed by atoms with Crippen LogP contribution in [0, 0.1) is 26.2 Å². The van der Waals surface area contributed by atoms with Crippen LogP contribution in [0.15, 0.2) is 0 Å². The molecule has 0 aliphatic heterocycles. The summed E-state index contributed by atoms with van der Waals surface area (Å²) < 4.78 is 0. The second kappa shape index (κ2) is 8.31. The van der Waals surface area contributed by atoms with Crippen LogP contribution in [-0.2, 0) is 4.79 Å². The Bertz CT molecular complexity index is 74.6. The molecule has 0 amide bonds. The summed E-state index contributed by atoms with van der Waals surface area (Å²) in [6.07, 6.45) is 1.33. The van der Waals surface area contributed by atoms with Crippen molar-refractivity contribution in [2.45, 2.75) is 19.3 Å². The molecule has 4 heteroatoms. The van der Waals surface area contributed by atoms with Crippen molar-refractivity contribution in [2.75, 3.05) is 6.61 Å². The van der Waals surface area contributed by atoms with Crippen molar-refractivity contribution in [2.24, 2.45) is 0 Å². The summed E-state index contributed by atoms with van der Waals surface area (Å²) in [6.45, 7) is 0.0906. The van der Waals surface area contributed by atoms with Gasteiger partial charge in [0.1, 0.15) is 0 Å². The van der Waals surface area contributed by atoms with Crippen LogP contribution < -0.4 is 0 Å². The van der Waals surface area contributed by atoms with E-state index in [2.05, 4.69) is 0 Å². The molecule has 0 bridgehead atoms. The van der Waals surface area contributed by atoms with E-state index in [9.17, 15) is 4.79 Å². The summed E-state index contributed by atoms with van der Waals surface area (Å²) >= 11 is 0. The summed E-state index contributed by atoms with van der Waals surface area (Å²) in [5.74, 6) is -0.793. The summed E-state index contributed by atoms with van der Waals surface area (Å²) in [4.78, 5) is 9.79. The van der Waals surface area contributed by atoms with Crippen molar-refractivity contribution < 1.29 is 41.2 Å². The average Bonchev–Trinajstić information content (AvgIpc) is 1.66. The van der Waals surface area contributed by atoms with Crippen molar-refractivity contribution in [3.63, 3.8) is 0 Å². The molecule has 0 aromatic carbocycles. The van der Waals surface area contributed by atoms with Crippen LogP contribution in [-0.4, -0.2) is 22.8 Å². The van der Waals surface area contributed by atoms with E-state index in [1.165, 1.54) is 0 Å². The van der Waals surface area contributed by atoms with Crippen LogP contribution in [0.4, 0.5) is 0 Å². The Hall–Kier alpha value is 0.313. The Balaban J connectivity index is 0. The molecule has 0 rings (SSSR count). The van der Waals surface area contributed by atoms with Gasteiger partial charge in [0.2, 0.25) is 0 Å². The first kappa shape index (κ1) is 12.0. The molecule has 9 heavy (non-hydrogen) atoms. The van der Waals surface area contributed by atoms with Gasteiger partial charge in [-0.3, -0.25) is 4.79 Å². The number of hydrogen-bond acceptors (Lipinski definition) is 2.